The smallest absolute Gasteiger partial charge is 0.325 e. The molecular weight excluding hydrogens is 554 g/mol. The second kappa shape index (κ2) is 12.8. The number of esters is 1. The average Bonchev–Trinajstić information content (AvgIpc) is 3.76. The highest BCUT2D eigenvalue weighted by atomic mass is 16.5. The van der Waals surface area contributed by atoms with E-state index in [0.29, 0.717) is 59.7 Å². The molecule has 2 atom stereocenters. The third kappa shape index (κ3) is 6.54. The number of rotatable bonds is 13. The summed E-state index contributed by atoms with van der Waals surface area (Å²) < 4.78 is 11.0. The zero-order valence-corrected chi connectivity index (χ0v) is 23.3. The summed E-state index contributed by atoms with van der Waals surface area (Å²) in [6.07, 6.45) is 4.95. The normalized spacial score (nSPS) is 19.1. The molecule has 2 aromatic carbocycles. The molecule has 222 valence electrons. The molecule has 1 saturated heterocycles. The van der Waals surface area contributed by atoms with Crippen LogP contribution >= 0.6 is 0 Å². The standard InChI is InChI=1S/C31H31N5O7/c32-28-25(5-3-13-33-28)42-15-2-1-4-20-8-11-24-23(16-20)29(40)34-17-26(39)36(24)22-9-6-21(7-10-22)18-43-30(41)27-31(19-38,35-27)12-14-37/h3,5-11,13-14,16,19,27,35H,1-2,4,12,15,17-18H2,(H2,32,33)(H,34,40). The SMILES string of the molecule is Nc1ncccc1OCCCCc1ccc2c(c1)C(=O)NCC(=O)N2c1ccc(COC(=O)C2NC2(C=O)CC=O)cc1. The number of aromatic nitrogens is 1. The Bertz CT molecular complexity index is 1540. The summed E-state index contributed by atoms with van der Waals surface area (Å²) in [4.78, 5) is 65.8. The van der Waals surface area contributed by atoms with Gasteiger partial charge in [0.1, 0.15) is 30.8 Å². The van der Waals surface area contributed by atoms with Crippen LogP contribution in [0.4, 0.5) is 17.2 Å². The van der Waals surface area contributed by atoms with Gasteiger partial charge in [-0.05, 0) is 66.8 Å². The average molecular weight is 586 g/mol. The Balaban J connectivity index is 1.21. The number of amides is 2. The van der Waals surface area contributed by atoms with Crippen molar-refractivity contribution in [1.29, 1.82) is 0 Å². The number of fused-ring (bicyclic) bond motifs is 1. The van der Waals surface area contributed by atoms with Crippen LogP contribution in [0.3, 0.4) is 0 Å². The zero-order valence-electron chi connectivity index (χ0n) is 23.3. The number of pyridine rings is 1. The van der Waals surface area contributed by atoms with E-state index in [1.54, 1.807) is 54.7 Å². The maximum atomic E-state index is 13.1. The minimum Gasteiger partial charge on any atom is -0.490 e. The van der Waals surface area contributed by atoms with Crippen molar-refractivity contribution < 1.29 is 33.4 Å². The number of nitrogens with two attached hydrogens (primary N) is 1. The number of ether oxygens (including phenoxy) is 2. The van der Waals surface area contributed by atoms with Gasteiger partial charge < -0.3 is 30.1 Å². The first-order valence-corrected chi connectivity index (χ1v) is 13.9. The van der Waals surface area contributed by atoms with Gasteiger partial charge in [-0.25, -0.2) is 4.98 Å². The van der Waals surface area contributed by atoms with Crippen LogP contribution in [0.1, 0.15) is 40.7 Å². The van der Waals surface area contributed by atoms with E-state index in [0.717, 1.165) is 18.4 Å². The molecule has 3 heterocycles. The number of nitrogens with one attached hydrogen (secondary N) is 2. The van der Waals surface area contributed by atoms with Crippen LogP contribution in [-0.2, 0) is 36.9 Å². The van der Waals surface area contributed by atoms with Crippen LogP contribution in [0.25, 0.3) is 0 Å². The minimum atomic E-state index is -1.18. The number of carbonyl (C=O) groups is 5. The molecule has 4 N–H and O–H groups in total. The van der Waals surface area contributed by atoms with E-state index in [4.69, 9.17) is 15.2 Å². The van der Waals surface area contributed by atoms with Crippen LogP contribution in [-0.4, -0.2) is 60.1 Å². The molecule has 2 unspecified atom stereocenters. The second-order valence-electron chi connectivity index (χ2n) is 10.3. The van der Waals surface area contributed by atoms with Crippen LogP contribution < -0.4 is 26.0 Å². The summed E-state index contributed by atoms with van der Waals surface area (Å²) in [6, 6.07) is 15.0. The van der Waals surface area contributed by atoms with Crippen LogP contribution in [0, 0.1) is 0 Å². The fourth-order valence-electron chi connectivity index (χ4n) is 4.94. The molecule has 2 aliphatic rings. The highest BCUT2D eigenvalue weighted by Gasteiger charge is 2.59. The Morgan fingerprint density at radius 2 is 1.88 bits per heavy atom. The molecule has 12 nitrogen and oxygen atoms in total. The Kier molecular flexibility index (Phi) is 8.77. The van der Waals surface area contributed by atoms with E-state index < -0.39 is 17.6 Å². The Morgan fingerprint density at radius 1 is 1.09 bits per heavy atom. The summed E-state index contributed by atoms with van der Waals surface area (Å²) in [5.41, 5.74) is 7.65. The first-order valence-electron chi connectivity index (χ1n) is 13.9. The van der Waals surface area contributed by atoms with Gasteiger partial charge in [0.25, 0.3) is 11.8 Å². The molecule has 0 radical (unpaired) electrons. The Hall–Kier alpha value is -5.10. The number of carbonyl (C=O) groups excluding carboxylic acids is 5. The molecule has 1 fully saturated rings. The highest BCUT2D eigenvalue weighted by molar-refractivity contribution is 6.12. The maximum absolute atomic E-state index is 13.1. The third-order valence-electron chi connectivity index (χ3n) is 7.40. The number of nitrogen functional groups attached to an aromatic ring is 1. The largest absolute Gasteiger partial charge is 0.490 e. The van der Waals surface area contributed by atoms with Crippen LogP contribution in [0.2, 0.25) is 0 Å². The molecule has 2 aliphatic heterocycles. The number of nitrogens with zero attached hydrogens (tertiary/aromatic N) is 2. The van der Waals surface area contributed by atoms with Gasteiger partial charge >= 0.3 is 5.97 Å². The van der Waals surface area contributed by atoms with Crippen molar-refractivity contribution in [2.75, 3.05) is 23.8 Å². The molecule has 2 amide bonds. The minimum absolute atomic E-state index is 0.0537. The molecule has 43 heavy (non-hydrogen) atoms. The number of aldehydes is 2. The van der Waals surface area contributed by atoms with Gasteiger partial charge in [-0.1, -0.05) is 18.2 Å². The maximum Gasteiger partial charge on any atom is 0.325 e. The molecule has 0 aliphatic carbocycles. The van der Waals surface area contributed by atoms with E-state index >= 15 is 0 Å². The lowest BCUT2D eigenvalue weighted by molar-refractivity contribution is -0.145. The monoisotopic (exact) mass is 585 g/mol. The summed E-state index contributed by atoms with van der Waals surface area (Å²) in [5.74, 6) is -0.357. The number of anilines is 3. The molecule has 5 rings (SSSR count). The van der Waals surface area contributed by atoms with Gasteiger partial charge in [0.15, 0.2) is 11.6 Å². The summed E-state index contributed by atoms with van der Waals surface area (Å²) in [7, 11) is 0. The van der Waals surface area contributed by atoms with Crippen molar-refractivity contribution in [3.8, 4) is 5.75 Å². The summed E-state index contributed by atoms with van der Waals surface area (Å²) in [6.45, 7) is 0.266. The second-order valence-corrected chi connectivity index (χ2v) is 10.3. The predicted octanol–water partition coefficient (Wildman–Crippen LogP) is 2.02. The fourth-order valence-corrected chi connectivity index (χ4v) is 4.94. The summed E-state index contributed by atoms with van der Waals surface area (Å²) >= 11 is 0. The summed E-state index contributed by atoms with van der Waals surface area (Å²) in [5, 5.41) is 5.39. The lowest BCUT2D eigenvalue weighted by Crippen LogP contribution is -2.33. The molecule has 3 aromatic rings. The molecule has 12 heteroatoms. The lowest BCUT2D eigenvalue weighted by Gasteiger charge is -2.23. The van der Waals surface area contributed by atoms with E-state index in [2.05, 4.69) is 15.6 Å². The molecule has 0 bridgehead atoms. The van der Waals surface area contributed by atoms with Crippen molar-refractivity contribution in [3.05, 3.63) is 77.5 Å². The fraction of sp³-hybridized carbons (Fsp3) is 0.290. The quantitative estimate of drug-likeness (QED) is 0.116. The Labute approximate surface area is 247 Å². The molecule has 1 aromatic heterocycles. The van der Waals surface area contributed by atoms with Crippen molar-refractivity contribution in [2.24, 2.45) is 0 Å². The van der Waals surface area contributed by atoms with E-state index in [9.17, 15) is 24.0 Å². The van der Waals surface area contributed by atoms with Crippen LogP contribution in [0.15, 0.2) is 60.8 Å². The van der Waals surface area contributed by atoms with Gasteiger partial charge in [0, 0.05) is 18.3 Å². The van der Waals surface area contributed by atoms with Crippen molar-refractivity contribution in [2.45, 2.75) is 43.9 Å². The van der Waals surface area contributed by atoms with Gasteiger partial charge in [-0.2, -0.15) is 0 Å². The predicted molar refractivity (Wildman–Crippen MR) is 156 cm³/mol. The third-order valence-corrected chi connectivity index (χ3v) is 7.40. The van der Waals surface area contributed by atoms with Gasteiger partial charge in [-0.15, -0.1) is 0 Å². The zero-order chi connectivity index (χ0) is 30.4. The highest BCUT2D eigenvalue weighted by Crippen LogP contribution is 2.32. The number of hydrogen-bond donors (Lipinski definition) is 3. The van der Waals surface area contributed by atoms with Crippen LogP contribution in [0.5, 0.6) is 5.75 Å². The number of unbranched alkanes of at least 4 members (excludes halogenated alkanes) is 1. The van der Waals surface area contributed by atoms with E-state index in [1.165, 1.54) is 4.90 Å². The van der Waals surface area contributed by atoms with Crippen molar-refractivity contribution >= 4 is 47.5 Å². The molecule has 0 spiro atoms. The first-order chi connectivity index (χ1) is 20.8. The van der Waals surface area contributed by atoms with Gasteiger partial charge in [-0.3, -0.25) is 24.6 Å². The number of hydrogen-bond acceptors (Lipinski definition) is 10. The van der Waals surface area contributed by atoms with E-state index in [1.807, 2.05) is 6.07 Å². The number of aryl methyl sites for hydroxylation is 1. The molecule has 0 saturated carbocycles. The molecular formula is C31H31N5O7. The van der Waals surface area contributed by atoms with Crippen molar-refractivity contribution in [1.82, 2.24) is 15.6 Å². The van der Waals surface area contributed by atoms with Gasteiger partial charge in [0.05, 0.1) is 24.4 Å². The van der Waals surface area contributed by atoms with Crippen molar-refractivity contribution in [3.63, 3.8) is 0 Å². The number of benzene rings is 2. The van der Waals surface area contributed by atoms with E-state index in [-0.39, 0.29) is 31.4 Å². The Morgan fingerprint density at radius 3 is 2.63 bits per heavy atom. The lowest BCUT2D eigenvalue weighted by atomic mass is 10.0. The topological polar surface area (TPSA) is 180 Å². The first kappa shape index (κ1) is 29.4. The van der Waals surface area contributed by atoms with Gasteiger partial charge in [0.2, 0.25) is 0 Å².